The van der Waals surface area contributed by atoms with E-state index in [1.165, 1.54) is 6.42 Å². The first-order valence-electron chi connectivity index (χ1n) is 13.5. The molecule has 3 heterocycles. The molecule has 5 unspecified atom stereocenters. The number of benzene rings is 1. The van der Waals surface area contributed by atoms with E-state index in [1.54, 1.807) is 4.90 Å². The predicted molar refractivity (Wildman–Crippen MR) is 133 cm³/mol. The molecule has 2 saturated heterocycles. The number of hydrogen-bond acceptors (Lipinski definition) is 6. The summed E-state index contributed by atoms with van der Waals surface area (Å²) in [5.41, 5.74) is 7.56. The van der Waals surface area contributed by atoms with Crippen molar-refractivity contribution in [2.75, 3.05) is 32.8 Å². The third-order valence-electron chi connectivity index (χ3n) is 8.39. The van der Waals surface area contributed by atoms with Gasteiger partial charge in [0.2, 0.25) is 11.8 Å². The van der Waals surface area contributed by atoms with E-state index < -0.39 is 12.1 Å². The van der Waals surface area contributed by atoms with Crippen LogP contribution < -0.4 is 15.8 Å². The zero-order chi connectivity index (χ0) is 24.4. The van der Waals surface area contributed by atoms with Crippen molar-refractivity contribution in [3.8, 4) is 5.75 Å². The third-order valence-corrected chi connectivity index (χ3v) is 8.39. The molecule has 1 aromatic carbocycles. The zero-order valence-electron chi connectivity index (χ0n) is 20.9. The molecule has 8 heteroatoms. The van der Waals surface area contributed by atoms with E-state index in [-0.39, 0.29) is 35.9 Å². The van der Waals surface area contributed by atoms with E-state index in [0.717, 1.165) is 50.0 Å². The van der Waals surface area contributed by atoms with Gasteiger partial charge in [-0.1, -0.05) is 37.5 Å². The van der Waals surface area contributed by atoms with Gasteiger partial charge in [-0.3, -0.25) is 14.5 Å². The molecule has 8 nitrogen and oxygen atoms in total. The van der Waals surface area contributed by atoms with Crippen molar-refractivity contribution >= 4 is 11.8 Å². The molecule has 0 spiro atoms. The second-order valence-corrected chi connectivity index (χ2v) is 10.6. The monoisotopic (exact) mass is 484 g/mol. The van der Waals surface area contributed by atoms with Crippen LogP contribution in [-0.2, 0) is 14.3 Å². The van der Waals surface area contributed by atoms with Crippen molar-refractivity contribution in [1.29, 1.82) is 0 Å². The number of carbonyl (C=O) groups excluding carboxylic acids is 2. The van der Waals surface area contributed by atoms with Crippen LogP contribution in [-0.4, -0.2) is 78.7 Å². The highest BCUT2D eigenvalue weighted by molar-refractivity contribution is 5.90. The molecule has 1 aromatic rings. The van der Waals surface area contributed by atoms with Gasteiger partial charge in [-0.15, -0.1) is 0 Å². The van der Waals surface area contributed by atoms with Gasteiger partial charge in [0.1, 0.15) is 11.8 Å². The summed E-state index contributed by atoms with van der Waals surface area (Å²) in [5, 5.41) is 3.25. The first-order chi connectivity index (χ1) is 17.0. The number of carbonyl (C=O) groups is 2. The Bertz CT molecular complexity index is 905. The Hall–Kier alpha value is -2.16. The lowest BCUT2D eigenvalue weighted by molar-refractivity contribution is -0.147. The fourth-order valence-corrected chi connectivity index (χ4v) is 6.50. The van der Waals surface area contributed by atoms with Crippen LogP contribution in [0.1, 0.15) is 63.5 Å². The second kappa shape index (κ2) is 10.8. The fraction of sp³-hybridized carbons (Fsp3) is 0.704. The molecular weight excluding hydrogens is 444 g/mol. The van der Waals surface area contributed by atoms with Gasteiger partial charge in [0.05, 0.1) is 24.8 Å². The number of nitrogens with one attached hydrogen (secondary N) is 1. The lowest BCUT2D eigenvalue weighted by Crippen LogP contribution is -2.65. The Morgan fingerprint density at radius 3 is 2.74 bits per heavy atom. The number of nitrogens with zero attached hydrogens (tertiary/aromatic N) is 2. The minimum atomic E-state index is -0.552. The number of rotatable bonds is 6. The normalized spacial score (nSPS) is 30.2. The Morgan fingerprint density at radius 1 is 1.14 bits per heavy atom. The van der Waals surface area contributed by atoms with E-state index >= 15 is 0 Å². The molecule has 1 saturated carbocycles. The molecule has 5 rings (SSSR count). The number of ether oxygens (including phenoxy) is 2. The molecule has 192 valence electrons. The summed E-state index contributed by atoms with van der Waals surface area (Å²) < 4.78 is 11.7. The first kappa shape index (κ1) is 24.5. The Morgan fingerprint density at radius 2 is 1.94 bits per heavy atom. The highest BCUT2D eigenvalue weighted by Gasteiger charge is 2.46. The average Bonchev–Trinajstić information content (AvgIpc) is 3.29. The molecular formula is C27H40N4O4. The maximum atomic E-state index is 13.7. The molecule has 35 heavy (non-hydrogen) atoms. The predicted octanol–water partition coefficient (Wildman–Crippen LogP) is 2.22. The van der Waals surface area contributed by atoms with Gasteiger partial charge in [0, 0.05) is 44.3 Å². The van der Waals surface area contributed by atoms with Crippen LogP contribution in [0.5, 0.6) is 5.75 Å². The summed E-state index contributed by atoms with van der Waals surface area (Å²) in [6.45, 7) is 5.11. The summed E-state index contributed by atoms with van der Waals surface area (Å²) >= 11 is 0. The number of amides is 2. The van der Waals surface area contributed by atoms with Crippen molar-refractivity contribution in [2.24, 2.45) is 11.7 Å². The summed E-state index contributed by atoms with van der Waals surface area (Å²) in [4.78, 5) is 31.6. The van der Waals surface area contributed by atoms with Crippen LogP contribution in [0.25, 0.3) is 0 Å². The highest BCUT2D eigenvalue weighted by atomic mass is 16.5. The summed E-state index contributed by atoms with van der Waals surface area (Å²) in [6.07, 6.45) is 7.22. The van der Waals surface area contributed by atoms with Crippen molar-refractivity contribution in [1.82, 2.24) is 15.1 Å². The van der Waals surface area contributed by atoms with E-state index in [0.29, 0.717) is 32.7 Å². The number of piperazine rings is 1. The largest absolute Gasteiger partial charge is 0.493 e. The highest BCUT2D eigenvalue weighted by Crippen LogP contribution is 2.33. The quantitative estimate of drug-likeness (QED) is 0.643. The molecule has 4 aliphatic rings. The summed E-state index contributed by atoms with van der Waals surface area (Å²) in [6, 6.07) is 6.86. The lowest BCUT2D eigenvalue weighted by atomic mass is 9.83. The van der Waals surface area contributed by atoms with Gasteiger partial charge in [-0.2, -0.15) is 0 Å². The number of para-hydroxylation sites is 1. The maximum Gasteiger partial charge on any atom is 0.244 e. The van der Waals surface area contributed by atoms with Crippen LogP contribution in [0.15, 0.2) is 24.3 Å². The number of fused-ring (bicyclic) bond motifs is 2. The van der Waals surface area contributed by atoms with Crippen LogP contribution in [0.2, 0.25) is 0 Å². The van der Waals surface area contributed by atoms with Gasteiger partial charge in [0.25, 0.3) is 0 Å². The molecule has 0 bridgehead atoms. The van der Waals surface area contributed by atoms with Crippen molar-refractivity contribution in [3.05, 3.63) is 29.8 Å². The lowest BCUT2D eigenvalue weighted by Gasteiger charge is -2.44. The smallest absolute Gasteiger partial charge is 0.244 e. The van der Waals surface area contributed by atoms with Crippen molar-refractivity contribution in [3.63, 3.8) is 0 Å². The van der Waals surface area contributed by atoms with E-state index in [2.05, 4.69) is 10.2 Å². The van der Waals surface area contributed by atoms with Crippen LogP contribution in [0, 0.1) is 5.92 Å². The van der Waals surface area contributed by atoms with Gasteiger partial charge in [-0.05, 0) is 38.2 Å². The molecule has 1 aliphatic carbocycles. The van der Waals surface area contributed by atoms with Crippen molar-refractivity contribution < 1.29 is 19.1 Å². The topological polar surface area (TPSA) is 97.1 Å². The molecule has 3 N–H and O–H groups in total. The Balaban J connectivity index is 1.34. The average molecular weight is 485 g/mol. The molecule has 0 radical (unpaired) electrons. The van der Waals surface area contributed by atoms with Gasteiger partial charge >= 0.3 is 0 Å². The zero-order valence-corrected chi connectivity index (χ0v) is 20.9. The molecule has 2 amide bonds. The SMILES string of the molecule is CCOC1CC2CN(C(=O)C(N)C3CCCCC3)C(C(=O)NC3CCOc4ccccc43)CN2C1. The van der Waals surface area contributed by atoms with Crippen LogP contribution in [0.4, 0.5) is 0 Å². The molecule has 3 fully saturated rings. The Labute approximate surface area is 208 Å². The fourth-order valence-electron chi connectivity index (χ4n) is 6.50. The molecule has 0 aromatic heterocycles. The first-order valence-corrected chi connectivity index (χ1v) is 13.5. The summed E-state index contributed by atoms with van der Waals surface area (Å²) in [7, 11) is 0. The third kappa shape index (κ3) is 5.20. The second-order valence-electron chi connectivity index (χ2n) is 10.6. The Kier molecular flexibility index (Phi) is 7.60. The van der Waals surface area contributed by atoms with Gasteiger partial charge in [-0.25, -0.2) is 0 Å². The van der Waals surface area contributed by atoms with E-state index in [1.807, 2.05) is 31.2 Å². The van der Waals surface area contributed by atoms with Gasteiger partial charge < -0.3 is 25.4 Å². The summed E-state index contributed by atoms with van der Waals surface area (Å²) in [5.74, 6) is 0.859. The molecule has 5 atom stereocenters. The molecule has 3 aliphatic heterocycles. The maximum absolute atomic E-state index is 13.7. The standard InChI is InChI=1S/C27H40N4O4/c1-2-34-20-14-19-15-31(27(33)25(28)18-8-4-3-5-9-18)23(17-30(19)16-20)26(32)29-22-12-13-35-24-11-7-6-10-21(22)24/h6-7,10-11,18-20,22-23,25H,2-5,8-9,12-17,28H2,1H3,(H,29,32). The van der Waals surface area contributed by atoms with Crippen LogP contribution in [0.3, 0.4) is 0 Å². The van der Waals surface area contributed by atoms with Crippen LogP contribution >= 0.6 is 0 Å². The van der Waals surface area contributed by atoms with E-state index in [9.17, 15) is 9.59 Å². The van der Waals surface area contributed by atoms with E-state index in [4.69, 9.17) is 15.2 Å². The number of nitrogens with two attached hydrogens (primary N) is 1. The number of hydrogen-bond donors (Lipinski definition) is 2. The minimum absolute atomic E-state index is 0.0658. The van der Waals surface area contributed by atoms with Crippen molar-refractivity contribution in [2.45, 2.75) is 82.1 Å². The van der Waals surface area contributed by atoms with Gasteiger partial charge in [0.15, 0.2) is 0 Å². The minimum Gasteiger partial charge on any atom is -0.493 e.